The Morgan fingerprint density at radius 1 is 1.25 bits per heavy atom. The van der Waals surface area contributed by atoms with Crippen molar-refractivity contribution in [1.29, 1.82) is 0 Å². The summed E-state index contributed by atoms with van der Waals surface area (Å²) < 4.78 is 72.6. The van der Waals surface area contributed by atoms with Crippen molar-refractivity contribution >= 4 is 17.5 Å². The molecular weight excluding hydrogens is 391 g/mol. The first-order valence-corrected chi connectivity index (χ1v) is 7.88. The molecule has 0 bridgehead atoms. The van der Waals surface area contributed by atoms with Crippen LogP contribution in [0.1, 0.15) is 6.92 Å². The van der Waals surface area contributed by atoms with Gasteiger partial charge in [-0.25, -0.2) is 9.48 Å². The lowest BCUT2D eigenvalue weighted by Crippen LogP contribution is -2.65. The van der Waals surface area contributed by atoms with Crippen LogP contribution in [0.3, 0.4) is 0 Å². The molecule has 0 saturated heterocycles. The predicted molar refractivity (Wildman–Crippen MR) is 86.5 cm³/mol. The molecule has 1 aromatic carbocycles. The summed E-state index contributed by atoms with van der Waals surface area (Å²) in [7, 11) is 0. The third kappa shape index (κ3) is 2.80. The molecule has 0 radical (unpaired) electrons. The minimum atomic E-state index is -6.22. The van der Waals surface area contributed by atoms with E-state index in [1.807, 2.05) is 0 Å². The second-order valence-corrected chi connectivity index (χ2v) is 5.73. The third-order valence-electron chi connectivity index (χ3n) is 3.96. The van der Waals surface area contributed by atoms with Crippen LogP contribution in [0.15, 0.2) is 41.5 Å². The second-order valence-electron chi connectivity index (χ2n) is 5.73. The van der Waals surface area contributed by atoms with Gasteiger partial charge in [0.2, 0.25) is 5.71 Å². The highest BCUT2D eigenvalue weighted by Crippen LogP contribution is 2.49. The largest absolute Gasteiger partial charge is 0.461 e. The summed E-state index contributed by atoms with van der Waals surface area (Å²) in [5, 5.41) is 17.5. The predicted octanol–water partition coefficient (Wildman–Crippen LogP) is 2.74. The van der Waals surface area contributed by atoms with E-state index in [1.165, 1.54) is 19.1 Å². The number of hydrazone groups is 1. The Hall–Kier alpha value is -3.02. The molecule has 0 fully saturated rings. The Bertz CT molecular complexity index is 926. The standard InChI is InChI=1S/C16H13F5N4O3/c1-2-28-13(26)12-14(27,15(17,18)16(19,20)21)25-11(22-23-12)8-10(24-25)9-6-4-3-5-7-9/h3-8,22,27H,2H2,1H3. The number of carbonyl (C=O) groups excluding carboxylic acids is 1. The van der Waals surface area contributed by atoms with Crippen LogP contribution < -0.4 is 5.43 Å². The van der Waals surface area contributed by atoms with Gasteiger partial charge in [-0.1, -0.05) is 30.3 Å². The van der Waals surface area contributed by atoms with Crippen molar-refractivity contribution in [1.82, 2.24) is 9.78 Å². The van der Waals surface area contributed by atoms with Crippen LogP contribution in [0.5, 0.6) is 0 Å². The maximum Gasteiger partial charge on any atom is 0.459 e. The molecule has 1 aliphatic heterocycles. The van der Waals surface area contributed by atoms with E-state index in [0.717, 1.165) is 6.07 Å². The first kappa shape index (κ1) is 19.7. The van der Waals surface area contributed by atoms with E-state index in [-0.39, 0.29) is 17.0 Å². The van der Waals surface area contributed by atoms with Crippen molar-refractivity contribution in [2.75, 3.05) is 12.0 Å². The van der Waals surface area contributed by atoms with Gasteiger partial charge in [0.05, 0.1) is 12.3 Å². The summed E-state index contributed by atoms with van der Waals surface area (Å²) in [6, 6.07) is 9.02. The number of benzene rings is 1. The van der Waals surface area contributed by atoms with Gasteiger partial charge in [0.15, 0.2) is 0 Å². The maximum absolute atomic E-state index is 14.4. The quantitative estimate of drug-likeness (QED) is 0.604. The number of esters is 1. The zero-order chi connectivity index (χ0) is 20.7. The van der Waals surface area contributed by atoms with Crippen LogP contribution in [0.25, 0.3) is 11.3 Å². The number of rotatable bonds is 4. The van der Waals surface area contributed by atoms with E-state index in [0.29, 0.717) is 5.56 Å². The Morgan fingerprint density at radius 3 is 2.46 bits per heavy atom. The lowest BCUT2D eigenvalue weighted by molar-refractivity contribution is -0.346. The number of alkyl halides is 5. The summed E-state index contributed by atoms with van der Waals surface area (Å²) in [6.07, 6.45) is -6.22. The molecule has 28 heavy (non-hydrogen) atoms. The molecular formula is C16H13F5N4O3. The number of ether oxygens (including phenoxy) is 1. The molecule has 0 amide bonds. The molecule has 0 saturated carbocycles. The fourth-order valence-corrected chi connectivity index (χ4v) is 2.62. The molecule has 1 aliphatic rings. The zero-order valence-electron chi connectivity index (χ0n) is 14.2. The van der Waals surface area contributed by atoms with Crippen LogP contribution in [-0.2, 0) is 15.3 Å². The normalized spacial score (nSPS) is 19.5. The minimum absolute atomic E-state index is 0.0118. The van der Waals surface area contributed by atoms with Crippen molar-refractivity contribution in [2.45, 2.75) is 24.7 Å². The van der Waals surface area contributed by atoms with Gasteiger partial charge in [0, 0.05) is 11.6 Å². The van der Waals surface area contributed by atoms with Crippen molar-refractivity contribution in [3.63, 3.8) is 0 Å². The molecule has 2 heterocycles. The van der Waals surface area contributed by atoms with Gasteiger partial charge in [-0.05, 0) is 6.92 Å². The van der Waals surface area contributed by atoms with E-state index < -0.39 is 35.3 Å². The van der Waals surface area contributed by atoms with E-state index in [9.17, 15) is 31.9 Å². The fourth-order valence-electron chi connectivity index (χ4n) is 2.62. The highest BCUT2D eigenvalue weighted by atomic mass is 19.4. The summed E-state index contributed by atoms with van der Waals surface area (Å²) in [5.41, 5.74) is -3.34. The van der Waals surface area contributed by atoms with E-state index >= 15 is 0 Å². The number of carbonyl (C=O) groups is 1. The molecule has 2 N–H and O–H groups in total. The summed E-state index contributed by atoms with van der Waals surface area (Å²) in [6.45, 7) is 0.968. The number of nitrogens with one attached hydrogen (secondary N) is 1. The van der Waals surface area contributed by atoms with Crippen LogP contribution in [0.4, 0.5) is 27.8 Å². The van der Waals surface area contributed by atoms with E-state index in [1.54, 1.807) is 18.2 Å². The molecule has 3 rings (SSSR count). The topological polar surface area (TPSA) is 88.7 Å². The Balaban J connectivity index is 2.22. The number of anilines is 1. The summed E-state index contributed by atoms with van der Waals surface area (Å²) >= 11 is 0. The fraction of sp³-hybridized carbons (Fsp3) is 0.312. The number of fused-ring (bicyclic) bond motifs is 1. The second kappa shape index (κ2) is 6.55. The van der Waals surface area contributed by atoms with Crippen molar-refractivity contribution in [2.24, 2.45) is 5.10 Å². The number of nitrogens with zero attached hydrogens (tertiary/aromatic N) is 3. The smallest absolute Gasteiger partial charge is 0.459 e. The first-order valence-electron chi connectivity index (χ1n) is 7.88. The minimum Gasteiger partial charge on any atom is -0.461 e. The highest BCUT2D eigenvalue weighted by molar-refractivity contribution is 6.39. The first-order chi connectivity index (χ1) is 13.0. The van der Waals surface area contributed by atoms with Crippen molar-refractivity contribution in [3.8, 4) is 11.3 Å². The van der Waals surface area contributed by atoms with Gasteiger partial charge in [-0.2, -0.15) is 32.2 Å². The van der Waals surface area contributed by atoms with Crippen LogP contribution in [0.2, 0.25) is 0 Å². The van der Waals surface area contributed by atoms with Crippen molar-refractivity contribution in [3.05, 3.63) is 36.4 Å². The molecule has 7 nitrogen and oxygen atoms in total. The highest BCUT2D eigenvalue weighted by Gasteiger charge is 2.76. The average Bonchev–Trinajstić information content (AvgIpc) is 3.07. The van der Waals surface area contributed by atoms with Crippen LogP contribution >= 0.6 is 0 Å². The number of hydrogen-bond donors (Lipinski definition) is 2. The van der Waals surface area contributed by atoms with Gasteiger partial charge >= 0.3 is 18.1 Å². The molecule has 1 atom stereocenters. The van der Waals surface area contributed by atoms with Gasteiger partial charge in [0.1, 0.15) is 5.82 Å². The lowest BCUT2D eigenvalue weighted by Gasteiger charge is -2.38. The Morgan fingerprint density at radius 2 is 1.89 bits per heavy atom. The van der Waals surface area contributed by atoms with Gasteiger partial charge in [-0.15, -0.1) is 0 Å². The zero-order valence-corrected chi connectivity index (χ0v) is 14.2. The SMILES string of the molecule is CCOC(=O)C1=NNc2cc(-c3ccccc3)nn2C1(O)C(F)(F)C(F)(F)F. The molecule has 12 heteroatoms. The lowest BCUT2D eigenvalue weighted by atomic mass is 9.98. The summed E-state index contributed by atoms with van der Waals surface area (Å²) in [5.74, 6) is -7.94. The monoisotopic (exact) mass is 404 g/mol. The molecule has 0 aliphatic carbocycles. The Labute approximate surface area is 154 Å². The van der Waals surface area contributed by atoms with Gasteiger partial charge < -0.3 is 9.84 Å². The number of aromatic nitrogens is 2. The average molecular weight is 404 g/mol. The van der Waals surface area contributed by atoms with Gasteiger partial charge in [-0.3, -0.25) is 5.43 Å². The van der Waals surface area contributed by atoms with Crippen molar-refractivity contribution < 1.29 is 36.6 Å². The van der Waals surface area contributed by atoms with E-state index in [4.69, 9.17) is 0 Å². The summed E-state index contributed by atoms with van der Waals surface area (Å²) in [4.78, 5) is 12.0. The molecule has 1 aromatic heterocycles. The molecule has 1 unspecified atom stereocenters. The van der Waals surface area contributed by atoms with Crippen LogP contribution in [-0.4, -0.2) is 45.3 Å². The van der Waals surface area contributed by atoms with Gasteiger partial charge in [0.25, 0.3) is 5.72 Å². The maximum atomic E-state index is 14.4. The number of aliphatic hydroxyl groups is 1. The molecule has 150 valence electrons. The number of hydrogen-bond acceptors (Lipinski definition) is 6. The Kier molecular flexibility index (Phi) is 4.61. The number of halogens is 5. The molecule has 0 spiro atoms. The third-order valence-corrected chi connectivity index (χ3v) is 3.96. The van der Waals surface area contributed by atoms with Crippen LogP contribution in [0, 0.1) is 0 Å². The van der Waals surface area contributed by atoms with E-state index in [2.05, 4.69) is 20.4 Å². The molecule has 2 aromatic rings.